The number of anilines is 1. The van der Waals surface area contributed by atoms with Gasteiger partial charge in [0.2, 0.25) is 0 Å². The number of hydrogen-bond acceptors (Lipinski definition) is 7. The molecule has 0 radical (unpaired) electrons. The molecule has 1 fully saturated rings. The molecule has 9 nitrogen and oxygen atoms in total. The highest BCUT2D eigenvalue weighted by Crippen LogP contribution is 2.27. The van der Waals surface area contributed by atoms with Gasteiger partial charge in [0.25, 0.3) is 0 Å². The van der Waals surface area contributed by atoms with Crippen LogP contribution in [0, 0.1) is 10.1 Å². The molecule has 0 aromatic carbocycles. The van der Waals surface area contributed by atoms with Gasteiger partial charge in [-0.15, -0.1) is 0 Å². The SMILES string of the molecule is CC(C)(C)OC(=O)N1CCCCC1.Nc1c([N+](=O)[O-])cnc2ccc(Cl)nc12. The van der Waals surface area contributed by atoms with Crippen molar-refractivity contribution < 1.29 is 14.5 Å². The van der Waals surface area contributed by atoms with Gasteiger partial charge in [-0.05, 0) is 52.2 Å². The maximum Gasteiger partial charge on any atom is 0.410 e. The Labute approximate surface area is 168 Å². The van der Waals surface area contributed by atoms with E-state index in [-0.39, 0.29) is 33.7 Å². The van der Waals surface area contributed by atoms with E-state index >= 15 is 0 Å². The second kappa shape index (κ2) is 9.01. The van der Waals surface area contributed by atoms with Gasteiger partial charge in [-0.1, -0.05) is 11.6 Å². The third-order valence-corrected chi connectivity index (χ3v) is 4.11. The lowest BCUT2D eigenvalue weighted by molar-refractivity contribution is -0.384. The van der Waals surface area contributed by atoms with Crippen LogP contribution in [0.25, 0.3) is 11.0 Å². The lowest BCUT2D eigenvalue weighted by Crippen LogP contribution is -2.39. The number of nitro groups is 1. The number of carbonyl (C=O) groups is 1. The van der Waals surface area contributed by atoms with Crippen LogP contribution in [0.5, 0.6) is 0 Å². The van der Waals surface area contributed by atoms with Crippen LogP contribution in [0.1, 0.15) is 40.0 Å². The van der Waals surface area contributed by atoms with Gasteiger partial charge in [0, 0.05) is 13.1 Å². The molecule has 1 amide bonds. The Morgan fingerprint density at radius 3 is 2.50 bits per heavy atom. The fourth-order valence-electron chi connectivity index (χ4n) is 2.60. The lowest BCUT2D eigenvalue weighted by atomic mass is 10.1. The second-order valence-electron chi connectivity index (χ2n) is 7.34. The number of nitrogens with zero attached hydrogens (tertiary/aromatic N) is 4. The van der Waals surface area contributed by atoms with Crippen molar-refractivity contribution in [1.82, 2.24) is 14.9 Å². The fourth-order valence-corrected chi connectivity index (χ4v) is 2.75. The van der Waals surface area contributed by atoms with Crippen molar-refractivity contribution in [2.45, 2.75) is 45.6 Å². The lowest BCUT2D eigenvalue weighted by Gasteiger charge is -2.29. The largest absolute Gasteiger partial charge is 0.444 e. The van der Waals surface area contributed by atoms with E-state index in [0.29, 0.717) is 5.52 Å². The van der Waals surface area contributed by atoms with E-state index in [9.17, 15) is 14.9 Å². The van der Waals surface area contributed by atoms with Gasteiger partial charge in [-0.25, -0.2) is 14.8 Å². The van der Waals surface area contributed by atoms with Crippen LogP contribution < -0.4 is 5.73 Å². The van der Waals surface area contributed by atoms with Crippen LogP contribution >= 0.6 is 11.6 Å². The molecule has 3 heterocycles. The van der Waals surface area contributed by atoms with Gasteiger partial charge in [0.05, 0.1) is 10.4 Å². The quantitative estimate of drug-likeness (QED) is 0.425. The number of nitrogen functional groups attached to an aromatic ring is 1. The van der Waals surface area contributed by atoms with Crippen LogP contribution in [0.15, 0.2) is 18.3 Å². The summed E-state index contributed by atoms with van der Waals surface area (Å²) in [6.45, 7) is 7.41. The summed E-state index contributed by atoms with van der Waals surface area (Å²) >= 11 is 5.66. The molecule has 152 valence electrons. The minimum Gasteiger partial charge on any atom is -0.444 e. The number of hydrogen-bond donors (Lipinski definition) is 1. The molecule has 0 saturated carbocycles. The Bertz CT molecular complexity index is 863. The van der Waals surface area contributed by atoms with E-state index < -0.39 is 4.92 Å². The van der Waals surface area contributed by atoms with E-state index in [1.807, 2.05) is 20.8 Å². The topological polar surface area (TPSA) is 124 Å². The van der Waals surface area contributed by atoms with E-state index in [2.05, 4.69) is 9.97 Å². The number of carbonyl (C=O) groups excluding carboxylic acids is 1. The van der Waals surface area contributed by atoms with Crippen LogP contribution in [0.4, 0.5) is 16.2 Å². The molecule has 0 unspecified atom stereocenters. The van der Waals surface area contributed by atoms with Gasteiger partial charge in [0.15, 0.2) is 0 Å². The highest BCUT2D eigenvalue weighted by Gasteiger charge is 2.23. The Kier molecular flexibility index (Phi) is 6.95. The smallest absolute Gasteiger partial charge is 0.410 e. The predicted octanol–water partition coefficient (Wildman–Crippen LogP) is 4.18. The van der Waals surface area contributed by atoms with Crippen LogP contribution in [0.2, 0.25) is 5.15 Å². The minimum absolute atomic E-state index is 0.0208. The maximum atomic E-state index is 11.5. The number of halogens is 1. The third kappa shape index (κ3) is 5.91. The van der Waals surface area contributed by atoms with E-state index in [4.69, 9.17) is 22.1 Å². The average Bonchev–Trinajstić information content (AvgIpc) is 2.62. The van der Waals surface area contributed by atoms with Gasteiger partial charge in [-0.3, -0.25) is 10.1 Å². The molecule has 1 saturated heterocycles. The summed E-state index contributed by atoms with van der Waals surface area (Å²) in [5.74, 6) is 0. The molecule has 10 heteroatoms. The molecule has 28 heavy (non-hydrogen) atoms. The minimum atomic E-state index is -0.607. The average molecular weight is 410 g/mol. The molecule has 1 aliphatic heterocycles. The van der Waals surface area contributed by atoms with Gasteiger partial charge in [0.1, 0.15) is 28.2 Å². The fraction of sp³-hybridized carbons (Fsp3) is 0.500. The van der Waals surface area contributed by atoms with Crippen molar-refractivity contribution in [3.05, 3.63) is 33.6 Å². The summed E-state index contributed by atoms with van der Waals surface area (Å²) in [6, 6.07) is 3.15. The first-order chi connectivity index (χ1) is 13.1. The number of rotatable bonds is 1. The van der Waals surface area contributed by atoms with Gasteiger partial charge < -0.3 is 15.4 Å². The summed E-state index contributed by atoms with van der Waals surface area (Å²) in [4.78, 5) is 31.0. The summed E-state index contributed by atoms with van der Waals surface area (Å²) < 4.78 is 5.26. The zero-order valence-electron chi connectivity index (χ0n) is 16.1. The first kappa shape index (κ1) is 21.6. The Morgan fingerprint density at radius 2 is 1.93 bits per heavy atom. The normalized spacial score (nSPS) is 14.2. The monoisotopic (exact) mass is 409 g/mol. The first-order valence-corrected chi connectivity index (χ1v) is 9.29. The van der Waals surface area contributed by atoms with Crippen LogP contribution in [-0.2, 0) is 4.74 Å². The number of ether oxygens (including phenoxy) is 1. The summed E-state index contributed by atoms with van der Waals surface area (Å²) in [5.41, 5.74) is 5.65. The number of likely N-dealkylation sites (tertiary alicyclic amines) is 1. The van der Waals surface area contributed by atoms with Crippen LogP contribution in [-0.4, -0.2) is 44.6 Å². The zero-order valence-corrected chi connectivity index (χ0v) is 16.9. The Morgan fingerprint density at radius 1 is 1.29 bits per heavy atom. The molecule has 0 aliphatic carbocycles. The standard InChI is InChI=1S/C10H19NO2.C8H5ClN4O2/c1-10(2,3)13-9(12)11-7-5-4-6-8-11;9-6-2-1-4-8(12-6)7(10)5(3-11-4)13(14)15/h4-8H2,1-3H3;1-3H,(H2,10,11). The predicted molar refractivity (Wildman–Crippen MR) is 107 cm³/mol. The highest BCUT2D eigenvalue weighted by molar-refractivity contribution is 6.29. The summed E-state index contributed by atoms with van der Waals surface area (Å²) in [5, 5.41) is 10.8. The molecule has 2 N–H and O–H groups in total. The molecular weight excluding hydrogens is 386 g/mol. The molecule has 2 aromatic heterocycles. The molecule has 0 spiro atoms. The molecular formula is C18H24ClN5O4. The molecule has 1 aliphatic rings. The van der Waals surface area contributed by atoms with Gasteiger partial charge >= 0.3 is 11.8 Å². The van der Waals surface area contributed by atoms with Crippen molar-refractivity contribution in [3.63, 3.8) is 0 Å². The van der Waals surface area contributed by atoms with E-state index in [1.165, 1.54) is 6.42 Å². The highest BCUT2D eigenvalue weighted by atomic mass is 35.5. The van der Waals surface area contributed by atoms with Crippen molar-refractivity contribution in [3.8, 4) is 0 Å². The third-order valence-electron chi connectivity index (χ3n) is 3.90. The summed E-state index contributed by atoms with van der Waals surface area (Å²) in [7, 11) is 0. The molecule has 3 rings (SSSR count). The number of piperidine rings is 1. The molecule has 2 aromatic rings. The number of aromatic nitrogens is 2. The summed E-state index contributed by atoms with van der Waals surface area (Å²) in [6.07, 6.45) is 4.40. The Balaban J connectivity index is 0.000000203. The van der Waals surface area contributed by atoms with Crippen LogP contribution in [0.3, 0.4) is 0 Å². The Hall–Kier alpha value is -2.68. The zero-order chi connectivity index (χ0) is 20.9. The van der Waals surface area contributed by atoms with E-state index in [1.54, 1.807) is 17.0 Å². The van der Waals surface area contributed by atoms with Crippen molar-refractivity contribution >= 4 is 40.1 Å². The number of pyridine rings is 2. The van der Waals surface area contributed by atoms with Crippen molar-refractivity contribution in [1.29, 1.82) is 0 Å². The first-order valence-electron chi connectivity index (χ1n) is 8.91. The second-order valence-corrected chi connectivity index (χ2v) is 7.73. The van der Waals surface area contributed by atoms with Crippen molar-refractivity contribution in [2.75, 3.05) is 18.8 Å². The maximum absolute atomic E-state index is 11.5. The number of nitrogens with two attached hydrogens (primary N) is 1. The number of fused-ring (bicyclic) bond motifs is 1. The van der Waals surface area contributed by atoms with Gasteiger partial charge in [-0.2, -0.15) is 0 Å². The molecule has 0 bridgehead atoms. The van der Waals surface area contributed by atoms with E-state index in [0.717, 1.165) is 32.1 Å². The molecule has 0 atom stereocenters. The number of amides is 1. The van der Waals surface area contributed by atoms with Crippen molar-refractivity contribution in [2.24, 2.45) is 0 Å².